The first kappa shape index (κ1) is 11.5. The molecule has 4 heteroatoms. The quantitative estimate of drug-likeness (QED) is 0.849. The number of pyridine rings is 1. The van der Waals surface area contributed by atoms with E-state index in [0.717, 1.165) is 6.61 Å². The normalized spacial score (nSPS) is 23.6. The van der Waals surface area contributed by atoms with Gasteiger partial charge in [0.05, 0.1) is 19.4 Å². The molecule has 0 radical (unpaired) electrons. The lowest BCUT2D eigenvalue weighted by Gasteiger charge is -2.25. The molecule has 0 bridgehead atoms. The number of aromatic nitrogens is 1. The van der Waals surface area contributed by atoms with Gasteiger partial charge >= 0.3 is 0 Å². The number of hydrogen-bond acceptors (Lipinski definition) is 3. The fourth-order valence-corrected chi connectivity index (χ4v) is 1.88. The summed E-state index contributed by atoms with van der Waals surface area (Å²) in [7, 11) is 0. The molecule has 0 aromatic carbocycles. The summed E-state index contributed by atoms with van der Waals surface area (Å²) in [4.78, 5) is 3.73. The first-order valence-corrected chi connectivity index (χ1v) is 5.49. The van der Waals surface area contributed by atoms with E-state index in [4.69, 9.17) is 4.74 Å². The van der Waals surface area contributed by atoms with E-state index in [1.54, 1.807) is 12.3 Å². The summed E-state index contributed by atoms with van der Waals surface area (Å²) in [6.07, 6.45) is 2.85. The zero-order valence-electron chi connectivity index (χ0n) is 9.66. The molecule has 0 spiro atoms. The summed E-state index contributed by atoms with van der Waals surface area (Å²) in [5.74, 6) is -0.258. The molecule has 16 heavy (non-hydrogen) atoms. The van der Waals surface area contributed by atoms with Crippen molar-refractivity contribution in [3.8, 4) is 0 Å². The van der Waals surface area contributed by atoms with E-state index in [1.165, 1.54) is 6.20 Å². The Balaban J connectivity index is 1.95. The van der Waals surface area contributed by atoms with Crippen molar-refractivity contribution in [2.75, 3.05) is 13.2 Å². The first-order chi connectivity index (χ1) is 7.59. The van der Waals surface area contributed by atoms with E-state index in [-0.39, 0.29) is 17.3 Å². The Kier molecular flexibility index (Phi) is 3.21. The number of hydrogen-bond donors (Lipinski definition) is 1. The molecule has 1 aliphatic rings. The fourth-order valence-electron chi connectivity index (χ4n) is 1.88. The molecule has 1 saturated heterocycles. The van der Waals surface area contributed by atoms with Crippen molar-refractivity contribution in [1.82, 2.24) is 10.3 Å². The van der Waals surface area contributed by atoms with Crippen LogP contribution in [0.5, 0.6) is 0 Å². The highest BCUT2D eigenvalue weighted by Gasteiger charge is 2.35. The van der Waals surface area contributed by atoms with Crippen molar-refractivity contribution in [2.45, 2.75) is 26.4 Å². The molecule has 1 aromatic rings. The predicted octanol–water partition coefficient (Wildman–Crippen LogP) is 1.74. The van der Waals surface area contributed by atoms with Gasteiger partial charge in [-0.2, -0.15) is 0 Å². The third kappa shape index (κ3) is 2.39. The van der Waals surface area contributed by atoms with Gasteiger partial charge in [-0.1, -0.05) is 13.8 Å². The topological polar surface area (TPSA) is 34.1 Å². The van der Waals surface area contributed by atoms with Crippen LogP contribution in [0.3, 0.4) is 0 Å². The van der Waals surface area contributed by atoms with E-state index in [1.807, 2.05) is 0 Å². The van der Waals surface area contributed by atoms with Gasteiger partial charge in [-0.3, -0.25) is 4.98 Å². The second-order valence-electron chi connectivity index (χ2n) is 4.90. The van der Waals surface area contributed by atoms with Crippen LogP contribution in [0.1, 0.15) is 19.4 Å². The average molecular weight is 224 g/mol. The summed E-state index contributed by atoms with van der Waals surface area (Å²) < 4.78 is 18.7. The molecule has 1 aliphatic heterocycles. The largest absolute Gasteiger partial charge is 0.379 e. The van der Waals surface area contributed by atoms with Crippen LogP contribution in [-0.2, 0) is 11.3 Å². The molecular weight excluding hydrogens is 207 g/mol. The van der Waals surface area contributed by atoms with Crippen LogP contribution in [0.2, 0.25) is 0 Å². The summed E-state index contributed by atoms with van der Waals surface area (Å²) in [6, 6.07) is 1.98. The fraction of sp³-hybridized carbons (Fsp3) is 0.583. The zero-order valence-corrected chi connectivity index (χ0v) is 9.66. The Labute approximate surface area is 95.0 Å². The number of nitrogens with zero attached hydrogens (tertiary/aromatic N) is 1. The Hall–Kier alpha value is -1.00. The van der Waals surface area contributed by atoms with Crippen molar-refractivity contribution < 1.29 is 9.13 Å². The highest BCUT2D eigenvalue weighted by atomic mass is 19.1. The summed E-state index contributed by atoms with van der Waals surface area (Å²) in [5.41, 5.74) is 0.765. The standard InChI is InChI=1S/C12H17FN2O/c1-12(2)8-16-7-11(12)15-5-9-3-4-14-6-10(9)13/h3-4,6,11,15H,5,7-8H2,1-2H3/t11-/m0/s1. The average Bonchev–Trinajstić information content (AvgIpc) is 2.57. The molecule has 1 atom stereocenters. The van der Waals surface area contributed by atoms with Gasteiger partial charge in [0.2, 0.25) is 0 Å². The highest BCUT2D eigenvalue weighted by Crippen LogP contribution is 2.27. The van der Waals surface area contributed by atoms with E-state index in [9.17, 15) is 4.39 Å². The van der Waals surface area contributed by atoms with Crippen molar-refractivity contribution >= 4 is 0 Å². The summed E-state index contributed by atoms with van der Waals surface area (Å²) in [6.45, 7) is 6.27. The van der Waals surface area contributed by atoms with Crippen molar-refractivity contribution in [1.29, 1.82) is 0 Å². The van der Waals surface area contributed by atoms with Crippen molar-refractivity contribution in [3.63, 3.8) is 0 Å². The Bertz CT molecular complexity index is 368. The Morgan fingerprint density at radius 2 is 2.44 bits per heavy atom. The molecule has 0 saturated carbocycles. The van der Waals surface area contributed by atoms with Crippen molar-refractivity contribution in [2.24, 2.45) is 5.41 Å². The van der Waals surface area contributed by atoms with Crippen LogP contribution >= 0.6 is 0 Å². The number of halogens is 1. The van der Waals surface area contributed by atoms with Gasteiger partial charge in [0.25, 0.3) is 0 Å². The smallest absolute Gasteiger partial charge is 0.145 e. The third-order valence-corrected chi connectivity index (χ3v) is 3.10. The van der Waals surface area contributed by atoms with Crippen LogP contribution in [0.15, 0.2) is 18.5 Å². The lowest BCUT2D eigenvalue weighted by Crippen LogP contribution is -2.40. The Morgan fingerprint density at radius 1 is 1.62 bits per heavy atom. The number of rotatable bonds is 3. The molecule has 0 unspecified atom stereocenters. The SMILES string of the molecule is CC1(C)COC[C@@H]1NCc1ccncc1F. The van der Waals surface area contributed by atoms with Crippen LogP contribution in [0.25, 0.3) is 0 Å². The molecule has 1 aromatic heterocycles. The second kappa shape index (κ2) is 4.47. The predicted molar refractivity (Wildman–Crippen MR) is 59.4 cm³/mol. The van der Waals surface area contributed by atoms with E-state index >= 15 is 0 Å². The van der Waals surface area contributed by atoms with Gasteiger partial charge in [-0.15, -0.1) is 0 Å². The lowest BCUT2D eigenvalue weighted by atomic mass is 9.88. The maximum atomic E-state index is 13.3. The van der Waals surface area contributed by atoms with Crippen LogP contribution in [0, 0.1) is 11.2 Å². The van der Waals surface area contributed by atoms with E-state index in [0.29, 0.717) is 18.7 Å². The van der Waals surface area contributed by atoms with Crippen LogP contribution < -0.4 is 5.32 Å². The molecular formula is C12H17FN2O. The minimum Gasteiger partial charge on any atom is -0.379 e. The number of ether oxygens (including phenoxy) is 1. The molecule has 0 aliphatic carbocycles. The molecule has 88 valence electrons. The third-order valence-electron chi connectivity index (χ3n) is 3.10. The van der Waals surface area contributed by atoms with Crippen LogP contribution in [-0.4, -0.2) is 24.2 Å². The highest BCUT2D eigenvalue weighted by molar-refractivity contribution is 5.12. The molecule has 2 heterocycles. The van der Waals surface area contributed by atoms with Crippen molar-refractivity contribution in [3.05, 3.63) is 29.8 Å². The maximum Gasteiger partial charge on any atom is 0.145 e. The summed E-state index contributed by atoms with van der Waals surface area (Å²) >= 11 is 0. The molecule has 3 nitrogen and oxygen atoms in total. The zero-order chi connectivity index (χ0) is 11.6. The van der Waals surface area contributed by atoms with Gasteiger partial charge in [0.15, 0.2) is 0 Å². The van der Waals surface area contributed by atoms with E-state index < -0.39 is 0 Å². The second-order valence-corrected chi connectivity index (χ2v) is 4.90. The van der Waals surface area contributed by atoms with Gasteiger partial charge in [0, 0.05) is 29.8 Å². The molecule has 1 N–H and O–H groups in total. The Morgan fingerprint density at radius 3 is 3.06 bits per heavy atom. The number of nitrogens with one attached hydrogen (secondary N) is 1. The molecule has 0 amide bonds. The monoisotopic (exact) mass is 224 g/mol. The van der Waals surface area contributed by atoms with Gasteiger partial charge in [-0.05, 0) is 6.07 Å². The first-order valence-electron chi connectivity index (χ1n) is 5.49. The minimum absolute atomic E-state index is 0.115. The van der Waals surface area contributed by atoms with Gasteiger partial charge in [-0.25, -0.2) is 4.39 Å². The maximum absolute atomic E-state index is 13.3. The lowest BCUT2D eigenvalue weighted by molar-refractivity contribution is 0.166. The van der Waals surface area contributed by atoms with Gasteiger partial charge < -0.3 is 10.1 Å². The summed E-state index contributed by atoms with van der Waals surface area (Å²) in [5, 5.41) is 3.34. The molecule has 1 fully saturated rings. The van der Waals surface area contributed by atoms with Crippen LogP contribution in [0.4, 0.5) is 4.39 Å². The van der Waals surface area contributed by atoms with Gasteiger partial charge in [0.1, 0.15) is 5.82 Å². The van der Waals surface area contributed by atoms with E-state index in [2.05, 4.69) is 24.1 Å². The molecule has 2 rings (SSSR count). The minimum atomic E-state index is -0.258.